The van der Waals surface area contributed by atoms with Crippen molar-refractivity contribution in [3.63, 3.8) is 0 Å². The van der Waals surface area contributed by atoms with Gasteiger partial charge in [0.25, 0.3) is 5.91 Å². The minimum absolute atomic E-state index is 0.00583. The Hall–Kier alpha value is -2.65. The molecule has 0 atom stereocenters. The number of aromatic nitrogens is 3. The molecule has 9 nitrogen and oxygen atoms in total. The highest BCUT2D eigenvalue weighted by Crippen LogP contribution is 2.31. The van der Waals surface area contributed by atoms with Gasteiger partial charge in [-0.1, -0.05) is 11.6 Å². The van der Waals surface area contributed by atoms with Gasteiger partial charge >= 0.3 is 6.09 Å². The number of carbonyl (C=O) groups is 2. The molecule has 2 amide bonds. The Balaban J connectivity index is 1.40. The summed E-state index contributed by atoms with van der Waals surface area (Å²) in [5.74, 6) is 0.226. The molecule has 0 saturated carbocycles. The fourth-order valence-electron chi connectivity index (χ4n) is 4.74. The van der Waals surface area contributed by atoms with Gasteiger partial charge in [0.1, 0.15) is 0 Å². The number of hydrogen-bond acceptors (Lipinski definition) is 6. The van der Waals surface area contributed by atoms with Crippen LogP contribution in [0.2, 0.25) is 5.02 Å². The second kappa shape index (κ2) is 10.7. The number of amides is 2. The van der Waals surface area contributed by atoms with Crippen molar-refractivity contribution in [1.82, 2.24) is 29.5 Å². The first kappa shape index (κ1) is 24.5. The molecule has 0 aliphatic carbocycles. The standard InChI is InChI=1S/C24H33ClN6O3/c1-4-34-24(33)31-13-11-30(12-14-31)23(32)19-6-5-17(2)26-22(19)18-7-9-29(10-8-18)16-21-20(25)15-28(3)27-21/h5-6,15,18H,4,7-14,16H2,1-3H3. The topological polar surface area (TPSA) is 83.8 Å². The highest BCUT2D eigenvalue weighted by atomic mass is 35.5. The molecule has 184 valence electrons. The normalized spacial score (nSPS) is 17.8. The van der Waals surface area contributed by atoms with Crippen molar-refractivity contribution in [1.29, 1.82) is 0 Å². The number of hydrogen-bond donors (Lipinski definition) is 0. The molecule has 2 aromatic rings. The van der Waals surface area contributed by atoms with Gasteiger partial charge in [0.05, 0.1) is 28.6 Å². The maximum absolute atomic E-state index is 13.4. The SMILES string of the molecule is CCOC(=O)N1CCN(C(=O)c2ccc(C)nc2C2CCN(Cc3nn(C)cc3Cl)CC2)CC1. The summed E-state index contributed by atoms with van der Waals surface area (Å²) >= 11 is 6.29. The minimum Gasteiger partial charge on any atom is -0.450 e. The first-order chi connectivity index (χ1) is 16.4. The summed E-state index contributed by atoms with van der Waals surface area (Å²) < 4.78 is 6.83. The van der Waals surface area contributed by atoms with Gasteiger partial charge in [-0.05, 0) is 51.9 Å². The zero-order chi connectivity index (χ0) is 24.2. The number of piperidine rings is 1. The largest absolute Gasteiger partial charge is 0.450 e. The summed E-state index contributed by atoms with van der Waals surface area (Å²) in [6.07, 6.45) is 3.37. The maximum Gasteiger partial charge on any atom is 0.409 e. The van der Waals surface area contributed by atoms with Gasteiger partial charge in [-0.3, -0.25) is 19.4 Å². The molecule has 0 unspecified atom stereocenters. The molecule has 0 radical (unpaired) electrons. The number of rotatable bonds is 5. The van der Waals surface area contributed by atoms with Crippen molar-refractivity contribution in [3.8, 4) is 0 Å². The van der Waals surface area contributed by atoms with Crippen LogP contribution in [0, 0.1) is 6.92 Å². The lowest BCUT2D eigenvalue weighted by Gasteiger charge is -2.35. The number of halogens is 1. The number of piperazine rings is 1. The van der Waals surface area contributed by atoms with E-state index < -0.39 is 0 Å². The van der Waals surface area contributed by atoms with E-state index in [0.29, 0.717) is 43.4 Å². The first-order valence-electron chi connectivity index (χ1n) is 11.9. The Labute approximate surface area is 205 Å². The Morgan fingerprint density at radius 2 is 1.76 bits per heavy atom. The van der Waals surface area contributed by atoms with E-state index >= 15 is 0 Å². The number of nitrogens with zero attached hydrogens (tertiary/aromatic N) is 6. The number of pyridine rings is 1. The van der Waals surface area contributed by atoms with E-state index in [9.17, 15) is 9.59 Å². The molecule has 2 aromatic heterocycles. The van der Waals surface area contributed by atoms with E-state index in [-0.39, 0.29) is 17.9 Å². The van der Waals surface area contributed by atoms with Gasteiger partial charge in [-0.2, -0.15) is 5.10 Å². The summed E-state index contributed by atoms with van der Waals surface area (Å²) in [6, 6.07) is 3.82. The minimum atomic E-state index is -0.314. The number of carbonyl (C=O) groups excluding carboxylic acids is 2. The second-order valence-electron chi connectivity index (χ2n) is 9.01. The van der Waals surface area contributed by atoms with Crippen molar-refractivity contribution in [2.24, 2.45) is 7.05 Å². The third-order valence-electron chi connectivity index (χ3n) is 6.59. The Morgan fingerprint density at radius 1 is 1.09 bits per heavy atom. The van der Waals surface area contributed by atoms with Gasteiger partial charge in [0.15, 0.2) is 0 Å². The lowest BCUT2D eigenvalue weighted by Crippen LogP contribution is -2.51. The summed E-state index contributed by atoms with van der Waals surface area (Å²) in [5.41, 5.74) is 3.39. The van der Waals surface area contributed by atoms with Crippen molar-refractivity contribution in [3.05, 3.63) is 46.0 Å². The van der Waals surface area contributed by atoms with Crippen molar-refractivity contribution < 1.29 is 14.3 Å². The molecule has 0 bridgehead atoms. The van der Waals surface area contributed by atoms with Crippen LogP contribution in [0.15, 0.2) is 18.3 Å². The molecule has 2 saturated heterocycles. The predicted molar refractivity (Wildman–Crippen MR) is 129 cm³/mol. The monoisotopic (exact) mass is 488 g/mol. The molecular formula is C24H33ClN6O3. The average molecular weight is 489 g/mol. The second-order valence-corrected chi connectivity index (χ2v) is 9.42. The molecule has 0 aromatic carbocycles. The average Bonchev–Trinajstić information content (AvgIpc) is 3.15. The summed E-state index contributed by atoms with van der Waals surface area (Å²) in [5, 5.41) is 5.15. The maximum atomic E-state index is 13.4. The van der Waals surface area contributed by atoms with Crippen LogP contribution in [0.3, 0.4) is 0 Å². The summed E-state index contributed by atoms with van der Waals surface area (Å²) in [4.78, 5) is 36.1. The van der Waals surface area contributed by atoms with Gasteiger partial charge in [-0.25, -0.2) is 4.79 Å². The van der Waals surface area contributed by atoms with Crippen LogP contribution in [0.25, 0.3) is 0 Å². The summed E-state index contributed by atoms with van der Waals surface area (Å²) in [7, 11) is 1.88. The van der Waals surface area contributed by atoms with Gasteiger partial charge < -0.3 is 14.5 Å². The molecule has 2 aliphatic heterocycles. The smallest absolute Gasteiger partial charge is 0.409 e. The van der Waals surface area contributed by atoms with Crippen LogP contribution < -0.4 is 0 Å². The quantitative estimate of drug-likeness (QED) is 0.643. The van der Waals surface area contributed by atoms with Crippen LogP contribution in [0.4, 0.5) is 4.79 Å². The van der Waals surface area contributed by atoms with E-state index in [1.54, 1.807) is 16.5 Å². The molecular weight excluding hydrogens is 456 g/mol. The van der Waals surface area contributed by atoms with E-state index in [4.69, 9.17) is 21.3 Å². The van der Waals surface area contributed by atoms with Crippen LogP contribution in [0.5, 0.6) is 0 Å². The van der Waals surface area contributed by atoms with E-state index in [1.807, 2.05) is 37.2 Å². The molecule has 34 heavy (non-hydrogen) atoms. The van der Waals surface area contributed by atoms with Crippen molar-refractivity contribution >= 4 is 23.6 Å². The molecule has 2 aliphatic rings. The molecule has 10 heteroatoms. The van der Waals surface area contributed by atoms with Crippen LogP contribution >= 0.6 is 11.6 Å². The van der Waals surface area contributed by atoms with E-state index in [1.165, 1.54) is 0 Å². The highest BCUT2D eigenvalue weighted by Gasteiger charge is 2.30. The molecule has 4 heterocycles. The fraction of sp³-hybridized carbons (Fsp3) is 0.583. The molecule has 2 fully saturated rings. The number of aryl methyl sites for hydroxylation is 2. The van der Waals surface area contributed by atoms with Crippen LogP contribution in [-0.2, 0) is 18.3 Å². The lowest BCUT2D eigenvalue weighted by atomic mass is 9.89. The Kier molecular flexibility index (Phi) is 7.73. The van der Waals surface area contributed by atoms with Gasteiger partial charge in [0.2, 0.25) is 0 Å². The van der Waals surface area contributed by atoms with Crippen molar-refractivity contribution in [2.45, 2.75) is 39.2 Å². The van der Waals surface area contributed by atoms with Gasteiger partial charge in [-0.15, -0.1) is 0 Å². The fourth-order valence-corrected chi connectivity index (χ4v) is 4.97. The zero-order valence-electron chi connectivity index (χ0n) is 20.2. The third-order valence-corrected chi connectivity index (χ3v) is 6.90. The van der Waals surface area contributed by atoms with E-state index in [0.717, 1.165) is 49.6 Å². The molecule has 4 rings (SSSR count). The van der Waals surface area contributed by atoms with Crippen LogP contribution in [0.1, 0.15) is 53.1 Å². The summed E-state index contributed by atoms with van der Waals surface area (Å²) in [6.45, 7) is 8.59. The van der Waals surface area contributed by atoms with Crippen molar-refractivity contribution in [2.75, 3.05) is 45.9 Å². The Bertz CT molecular complexity index is 1030. The molecule has 0 N–H and O–H groups in total. The predicted octanol–water partition coefficient (Wildman–Crippen LogP) is 3.07. The van der Waals surface area contributed by atoms with E-state index in [2.05, 4.69) is 10.00 Å². The Morgan fingerprint density at radius 3 is 2.38 bits per heavy atom. The molecule has 0 spiro atoms. The first-order valence-corrected chi connectivity index (χ1v) is 12.3. The zero-order valence-corrected chi connectivity index (χ0v) is 20.9. The third kappa shape index (κ3) is 5.52. The van der Waals surface area contributed by atoms with Crippen LogP contribution in [-0.4, -0.2) is 87.3 Å². The van der Waals surface area contributed by atoms with Gasteiger partial charge in [0, 0.05) is 57.6 Å². The number of ether oxygens (including phenoxy) is 1. The number of likely N-dealkylation sites (tertiary alicyclic amines) is 1. The lowest BCUT2D eigenvalue weighted by molar-refractivity contribution is 0.0568. The highest BCUT2D eigenvalue weighted by molar-refractivity contribution is 6.31.